The predicted octanol–water partition coefficient (Wildman–Crippen LogP) is 3.66. The van der Waals surface area contributed by atoms with Crippen LogP contribution < -0.4 is 0 Å². The van der Waals surface area contributed by atoms with Gasteiger partial charge in [0.25, 0.3) is 6.43 Å². The number of nitrogens with zero attached hydrogens (tertiary/aromatic N) is 1. The summed E-state index contributed by atoms with van der Waals surface area (Å²) in [5, 5.41) is 0.264. The van der Waals surface area contributed by atoms with Gasteiger partial charge in [-0.25, -0.2) is 13.8 Å². The number of aromatic nitrogens is 1. The molecule has 0 aliphatic rings. The summed E-state index contributed by atoms with van der Waals surface area (Å²) in [6.45, 7) is 0. The fourth-order valence-corrected chi connectivity index (χ4v) is 1.60. The summed E-state index contributed by atoms with van der Waals surface area (Å²) in [7, 11) is 0. The summed E-state index contributed by atoms with van der Waals surface area (Å²) in [4.78, 5) is 3.48. The predicted molar refractivity (Wildman–Crippen MR) is 54.5 cm³/mol. The van der Waals surface area contributed by atoms with Crippen LogP contribution in [0.5, 0.6) is 0 Å². The zero-order chi connectivity index (χ0) is 10.0. The summed E-state index contributed by atoms with van der Waals surface area (Å²) in [6, 6.07) is 1.20. The SMILES string of the molecule is Fc1nc(CBr)cc(C(F)F)c1I. The van der Waals surface area contributed by atoms with Crippen molar-refractivity contribution in [2.45, 2.75) is 11.8 Å². The molecule has 13 heavy (non-hydrogen) atoms. The maximum absolute atomic E-state index is 12.9. The minimum atomic E-state index is -2.66. The van der Waals surface area contributed by atoms with E-state index in [4.69, 9.17) is 0 Å². The van der Waals surface area contributed by atoms with Gasteiger partial charge in [0, 0.05) is 10.9 Å². The Labute approximate surface area is 95.0 Å². The molecule has 0 N–H and O–H groups in total. The molecule has 0 saturated heterocycles. The molecule has 0 atom stereocenters. The number of rotatable bonds is 2. The lowest BCUT2D eigenvalue weighted by molar-refractivity contribution is 0.149. The molecule has 6 heteroatoms. The summed E-state index contributed by atoms with van der Waals surface area (Å²) in [6.07, 6.45) is -2.66. The lowest BCUT2D eigenvalue weighted by Gasteiger charge is -2.05. The van der Waals surface area contributed by atoms with Gasteiger partial charge >= 0.3 is 0 Å². The molecule has 1 rings (SSSR count). The molecule has 0 spiro atoms. The van der Waals surface area contributed by atoms with Crippen LogP contribution in [-0.4, -0.2) is 4.98 Å². The lowest BCUT2D eigenvalue weighted by Crippen LogP contribution is -2.00. The Morgan fingerprint density at radius 3 is 2.62 bits per heavy atom. The first-order chi connectivity index (χ1) is 6.06. The Morgan fingerprint density at radius 1 is 1.54 bits per heavy atom. The molecular formula is C7H4BrF3IN. The molecule has 72 valence electrons. The van der Waals surface area contributed by atoms with Crippen LogP contribution in [0.15, 0.2) is 6.07 Å². The van der Waals surface area contributed by atoms with Crippen molar-refractivity contribution >= 4 is 38.5 Å². The first-order valence-electron chi connectivity index (χ1n) is 3.25. The molecular weight excluding hydrogens is 362 g/mol. The average Bonchev–Trinajstić information content (AvgIpc) is 2.09. The molecule has 0 saturated carbocycles. The molecule has 1 aromatic rings. The van der Waals surface area contributed by atoms with Gasteiger partial charge in [-0.1, -0.05) is 15.9 Å². The molecule has 0 aliphatic heterocycles. The molecule has 1 nitrogen and oxygen atoms in total. The number of halogens is 5. The molecule has 0 fully saturated rings. The second-order valence-corrected chi connectivity index (χ2v) is 3.88. The highest BCUT2D eigenvalue weighted by atomic mass is 127. The van der Waals surface area contributed by atoms with E-state index in [-0.39, 0.29) is 20.2 Å². The van der Waals surface area contributed by atoms with Crippen molar-refractivity contribution in [2.75, 3.05) is 0 Å². The Kier molecular flexibility index (Phi) is 3.96. The van der Waals surface area contributed by atoms with Crippen LogP contribution in [0.4, 0.5) is 13.2 Å². The third kappa shape index (κ3) is 2.55. The average molecular weight is 366 g/mol. The third-order valence-corrected chi connectivity index (χ3v) is 3.01. The van der Waals surface area contributed by atoms with E-state index in [1.807, 2.05) is 0 Å². The summed E-state index contributed by atoms with van der Waals surface area (Å²) >= 11 is 4.54. The Hall–Kier alpha value is 0.150. The minimum absolute atomic E-state index is 0.114. The van der Waals surface area contributed by atoms with Crippen LogP contribution in [0.25, 0.3) is 0 Å². The zero-order valence-electron chi connectivity index (χ0n) is 6.20. The van der Waals surface area contributed by atoms with Crippen molar-refractivity contribution in [1.29, 1.82) is 0 Å². The molecule has 0 bridgehead atoms. The van der Waals surface area contributed by atoms with Gasteiger partial charge in [-0.3, -0.25) is 0 Å². The number of alkyl halides is 3. The van der Waals surface area contributed by atoms with Crippen molar-refractivity contribution in [3.8, 4) is 0 Å². The van der Waals surface area contributed by atoms with Crippen LogP contribution >= 0.6 is 38.5 Å². The first kappa shape index (κ1) is 11.2. The van der Waals surface area contributed by atoms with Crippen LogP contribution in [0.1, 0.15) is 17.7 Å². The summed E-state index contributed by atoms with van der Waals surface area (Å²) < 4.78 is 37.4. The lowest BCUT2D eigenvalue weighted by atomic mass is 10.2. The Morgan fingerprint density at radius 2 is 2.15 bits per heavy atom. The number of hydrogen-bond donors (Lipinski definition) is 0. The largest absolute Gasteiger partial charge is 0.265 e. The molecule has 1 aromatic heterocycles. The smallest absolute Gasteiger partial charge is 0.223 e. The number of hydrogen-bond acceptors (Lipinski definition) is 1. The molecule has 0 amide bonds. The van der Waals surface area contributed by atoms with Gasteiger partial charge in [-0.2, -0.15) is 4.39 Å². The van der Waals surface area contributed by atoms with Crippen molar-refractivity contribution in [2.24, 2.45) is 0 Å². The van der Waals surface area contributed by atoms with E-state index in [0.29, 0.717) is 0 Å². The van der Waals surface area contributed by atoms with Gasteiger partial charge in [-0.15, -0.1) is 0 Å². The van der Waals surface area contributed by atoms with E-state index in [2.05, 4.69) is 20.9 Å². The monoisotopic (exact) mass is 365 g/mol. The molecule has 0 radical (unpaired) electrons. The van der Waals surface area contributed by atoms with E-state index in [1.54, 1.807) is 0 Å². The van der Waals surface area contributed by atoms with Crippen LogP contribution in [0.3, 0.4) is 0 Å². The van der Waals surface area contributed by atoms with E-state index < -0.39 is 12.4 Å². The topological polar surface area (TPSA) is 12.9 Å². The molecule has 1 heterocycles. The van der Waals surface area contributed by atoms with E-state index in [1.165, 1.54) is 28.7 Å². The van der Waals surface area contributed by atoms with Crippen molar-refractivity contribution in [1.82, 2.24) is 4.98 Å². The van der Waals surface area contributed by atoms with Gasteiger partial charge in [0.2, 0.25) is 5.95 Å². The fourth-order valence-electron chi connectivity index (χ4n) is 0.797. The molecule has 0 aliphatic carbocycles. The van der Waals surface area contributed by atoms with Crippen LogP contribution in [-0.2, 0) is 5.33 Å². The second kappa shape index (κ2) is 4.59. The van der Waals surface area contributed by atoms with E-state index in [9.17, 15) is 13.2 Å². The van der Waals surface area contributed by atoms with Gasteiger partial charge < -0.3 is 0 Å². The number of pyridine rings is 1. The first-order valence-corrected chi connectivity index (χ1v) is 5.45. The highest BCUT2D eigenvalue weighted by Gasteiger charge is 2.16. The van der Waals surface area contributed by atoms with Crippen molar-refractivity contribution < 1.29 is 13.2 Å². The maximum Gasteiger partial charge on any atom is 0.265 e. The summed E-state index contributed by atoms with van der Waals surface area (Å²) in [5.41, 5.74) is -0.0317. The van der Waals surface area contributed by atoms with Crippen LogP contribution in [0.2, 0.25) is 0 Å². The zero-order valence-corrected chi connectivity index (χ0v) is 9.94. The van der Waals surface area contributed by atoms with Crippen LogP contribution in [0, 0.1) is 9.52 Å². The van der Waals surface area contributed by atoms with Gasteiger partial charge in [-0.05, 0) is 28.7 Å². The Bertz CT molecular complexity index is 319. The summed E-state index contributed by atoms with van der Waals surface area (Å²) in [5.74, 6) is -0.840. The van der Waals surface area contributed by atoms with Gasteiger partial charge in [0.15, 0.2) is 0 Å². The van der Waals surface area contributed by atoms with E-state index >= 15 is 0 Å². The highest BCUT2D eigenvalue weighted by Crippen LogP contribution is 2.26. The van der Waals surface area contributed by atoms with Gasteiger partial charge in [0.05, 0.1) is 9.26 Å². The minimum Gasteiger partial charge on any atom is -0.223 e. The quantitative estimate of drug-likeness (QED) is 0.443. The second-order valence-electron chi connectivity index (χ2n) is 2.24. The highest BCUT2D eigenvalue weighted by molar-refractivity contribution is 14.1. The normalized spacial score (nSPS) is 10.9. The Balaban J connectivity index is 3.25. The fraction of sp³-hybridized carbons (Fsp3) is 0.286. The van der Waals surface area contributed by atoms with Gasteiger partial charge in [0.1, 0.15) is 0 Å². The van der Waals surface area contributed by atoms with Crippen molar-refractivity contribution in [3.05, 3.63) is 26.8 Å². The third-order valence-electron chi connectivity index (χ3n) is 1.37. The molecule has 0 aromatic carbocycles. The standard InChI is InChI=1S/C7H4BrF3IN/c8-2-3-1-4(6(9)10)5(12)7(11)13-3/h1,6H,2H2. The van der Waals surface area contributed by atoms with E-state index in [0.717, 1.165) is 0 Å². The van der Waals surface area contributed by atoms with Crippen molar-refractivity contribution in [3.63, 3.8) is 0 Å². The molecule has 0 unspecified atom stereocenters. The maximum atomic E-state index is 12.9.